The number of rotatable bonds is 4. The Morgan fingerprint density at radius 2 is 2.21 bits per heavy atom. The summed E-state index contributed by atoms with van der Waals surface area (Å²) in [5.74, 6) is -0.00275. The number of amides is 1. The first kappa shape index (κ1) is 10.9. The Kier molecular flexibility index (Phi) is 3.40. The fraction of sp³-hybridized carbons (Fsp3) is 0.625. The molecule has 0 fully saturated rings. The molecular weight excluding hydrogens is 200 g/mol. The van der Waals surface area contributed by atoms with Crippen LogP contribution >= 0.6 is 11.3 Å². The quantitative estimate of drug-likeness (QED) is 0.796. The van der Waals surface area contributed by atoms with E-state index in [0.29, 0.717) is 5.92 Å². The molecule has 1 heterocycles. The van der Waals surface area contributed by atoms with Crippen LogP contribution in [0, 0.1) is 0 Å². The molecule has 1 rings (SSSR count). The monoisotopic (exact) mass is 214 g/mol. The van der Waals surface area contributed by atoms with Gasteiger partial charge in [-0.2, -0.15) is 0 Å². The molecule has 6 heteroatoms. The second-order valence-electron chi connectivity index (χ2n) is 3.40. The predicted molar refractivity (Wildman–Crippen MR) is 56.5 cm³/mol. The number of hydrogen-bond donors (Lipinski definition) is 1. The highest BCUT2D eigenvalue weighted by atomic mass is 32.1. The minimum absolute atomic E-state index is 0.173. The maximum Gasteiger partial charge on any atom is 0.237 e. The molecule has 5 nitrogen and oxygen atoms in total. The third kappa shape index (κ3) is 2.66. The van der Waals surface area contributed by atoms with Crippen molar-refractivity contribution < 1.29 is 4.79 Å². The highest BCUT2D eigenvalue weighted by Crippen LogP contribution is 2.24. The zero-order valence-corrected chi connectivity index (χ0v) is 9.34. The van der Waals surface area contributed by atoms with E-state index in [1.54, 1.807) is 11.9 Å². The number of nitrogens with two attached hydrogens (primary N) is 1. The first-order chi connectivity index (χ1) is 6.50. The number of carbonyl (C=O) groups is 1. The van der Waals surface area contributed by atoms with Gasteiger partial charge in [0.15, 0.2) is 0 Å². The molecule has 0 aromatic carbocycles. The molecule has 0 atom stereocenters. The van der Waals surface area contributed by atoms with Crippen molar-refractivity contribution in [2.24, 2.45) is 5.73 Å². The van der Waals surface area contributed by atoms with Crippen LogP contribution in [-0.2, 0) is 4.79 Å². The maximum absolute atomic E-state index is 10.7. The Bertz CT molecular complexity index is 323. The van der Waals surface area contributed by atoms with Gasteiger partial charge in [0.25, 0.3) is 0 Å². The zero-order chi connectivity index (χ0) is 10.7. The van der Waals surface area contributed by atoms with Gasteiger partial charge in [0, 0.05) is 13.0 Å². The fourth-order valence-corrected chi connectivity index (χ4v) is 1.72. The van der Waals surface area contributed by atoms with E-state index >= 15 is 0 Å². The van der Waals surface area contributed by atoms with Crippen LogP contribution in [0.15, 0.2) is 0 Å². The fourth-order valence-electron chi connectivity index (χ4n) is 0.915. The summed E-state index contributed by atoms with van der Waals surface area (Å²) in [4.78, 5) is 12.4. The summed E-state index contributed by atoms with van der Waals surface area (Å²) < 4.78 is 0. The lowest BCUT2D eigenvalue weighted by atomic mass is 10.2. The molecular formula is C8H14N4OS. The van der Waals surface area contributed by atoms with E-state index < -0.39 is 0 Å². The van der Waals surface area contributed by atoms with Crippen LogP contribution in [0.5, 0.6) is 0 Å². The lowest BCUT2D eigenvalue weighted by Gasteiger charge is -2.11. The minimum atomic E-state index is -0.367. The van der Waals surface area contributed by atoms with Crippen LogP contribution in [0.25, 0.3) is 0 Å². The predicted octanol–water partition coefficient (Wildman–Crippen LogP) is 0.583. The summed E-state index contributed by atoms with van der Waals surface area (Å²) in [6.07, 6.45) is 0. The molecule has 0 unspecified atom stereocenters. The lowest BCUT2D eigenvalue weighted by molar-refractivity contribution is -0.116. The van der Waals surface area contributed by atoms with Gasteiger partial charge < -0.3 is 10.6 Å². The largest absolute Gasteiger partial charge is 0.368 e. The summed E-state index contributed by atoms with van der Waals surface area (Å²) in [6, 6.07) is 0. The smallest absolute Gasteiger partial charge is 0.237 e. The standard InChI is InChI=1S/C8H14N4OS/c1-5(2)7-10-11-8(14-7)12(3)4-6(9)13/h5H,4H2,1-3H3,(H2,9,13). The van der Waals surface area contributed by atoms with Crippen molar-refractivity contribution in [2.75, 3.05) is 18.5 Å². The highest BCUT2D eigenvalue weighted by Gasteiger charge is 2.12. The van der Waals surface area contributed by atoms with Crippen molar-refractivity contribution in [1.29, 1.82) is 0 Å². The average molecular weight is 214 g/mol. The van der Waals surface area contributed by atoms with Crippen molar-refractivity contribution >= 4 is 22.4 Å². The summed E-state index contributed by atoms with van der Waals surface area (Å²) >= 11 is 1.49. The molecule has 0 bridgehead atoms. The van der Waals surface area contributed by atoms with Crippen LogP contribution in [0.3, 0.4) is 0 Å². The van der Waals surface area contributed by atoms with E-state index in [-0.39, 0.29) is 12.5 Å². The normalized spacial score (nSPS) is 10.6. The Hall–Kier alpha value is -1.17. The van der Waals surface area contributed by atoms with Gasteiger partial charge in [-0.05, 0) is 0 Å². The van der Waals surface area contributed by atoms with E-state index in [1.807, 2.05) is 0 Å². The van der Waals surface area contributed by atoms with Gasteiger partial charge in [-0.3, -0.25) is 4.79 Å². The van der Waals surface area contributed by atoms with Gasteiger partial charge in [-0.1, -0.05) is 25.2 Å². The molecule has 0 saturated heterocycles. The summed E-state index contributed by atoms with van der Waals surface area (Å²) in [5, 5.41) is 9.69. The third-order valence-electron chi connectivity index (χ3n) is 1.64. The number of nitrogens with zero attached hydrogens (tertiary/aromatic N) is 3. The van der Waals surface area contributed by atoms with Crippen molar-refractivity contribution in [3.63, 3.8) is 0 Å². The number of aromatic nitrogens is 2. The molecule has 0 aliphatic rings. The van der Waals surface area contributed by atoms with E-state index in [1.165, 1.54) is 11.3 Å². The number of anilines is 1. The SMILES string of the molecule is CC(C)c1nnc(N(C)CC(N)=O)s1. The molecule has 1 amide bonds. The number of hydrogen-bond acceptors (Lipinski definition) is 5. The average Bonchev–Trinajstić information content (AvgIpc) is 2.50. The van der Waals surface area contributed by atoms with Crippen LogP contribution < -0.4 is 10.6 Å². The van der Waals surface area contributed by atoms with Gasteiger partial charge in [0.1, 0.15) is 5.01 Å². The van der Waals surface area contributed by atoms with Crippen LogP contribution in [-0.4, -0.2) is 29.7 Å². The first-order valence-corrected chi connectivity index (χ1v) is 5.15. The maximum atomic E-state index is 10.7. The van der Waals surface area contributed by atoms with Gasteiger partial charge in [-0.15, -0.1) is 10.2 Å². The van der Waals surface area contributed by atoms with Crippen LogP contribution in [0.1, 0.15) is 24.8 Å². The molecule has 78 valence electrons. The number of likely N-dealkylation sites (N-methyl/N-ethyl adjacent to an activating group) is 1. The topological polar surface area (TPSA) is 72.1 Å². The van der Waals surface area contributed by atoms with E-state index in [0.717, 1.165) is 10.1 Å². The molecule has 0 aliphatic heterocycles. The summed E-state index contributed by atoms with van der Waals surface area (Å²) in [6.45, 7) is 4.28. The second kappa shape index (κ2) is 4.36. The van der Waals surface area contributed by atoms with Crippen molar-refractivity contribution in [3.05, 3.63) is 5.01 Å². The zero-order valence-electron chi connectivity index (χ0n) is 8.52. The van der Waals surface area contributed by atoms with Gasteiger partial charge in [0.2, 0.25) is 11.0 Å². The summed E-state index contributed by atoms with van der Waals surface area (Å²) in [7, 11) is 1.77. The van der Waals surface area contributed by atoms with E-state index in [9.17, 15) is 4.79 Å². The minimum Gasteiger partial charge on any atom is -0.368 e. The number of primary amides is 1. The second-order valence-corrected chi connectivity index (χ2v) is 4.39. The molecule has 0 saturated carbocycles. The van der Waals surface area contributed by atoms with E-state index in [2.05, 4.69) is 24.0 Å². The van der Waals surface area contributed by atoms with Gasteiger partial charge >= 0.3 is 0 Å². The molecule has 0 spiro atoms. The number of carbonyl (C=O) groups excluding carboxylic acids is 1. The Morgan fingerprint density at radius 1 is 1.57 bits per heavy atom. The molecule has 1 aromatic rings. The van der Waals surface area contributed by atoms with Crippen molar-refractivity contribution in [2.45, 2.75) is 19.8 Å². The Balaban J connectivity index is 2.71. The third-order valence-corrected chi connectivity index (χ3v) is 2.98. The van der Waals surface area contributed by atoms with Crippen molar-refractivity contribution in [3.8, 4) is 0 Å². The van der Waals surface area contributed by atoms with Gasteiger partial charge in [-0.25, -0.2) is 0 Å². The van der Waals surface area contributed by atoms with Crippen molar-refractivity contribution in [1.82, 2.24) is 10.2 Å². The lowest BCUT2D eigenvalue weighted by Crippen LogP contribution is -2.30. The Morgan fingerprint density at radius 3 is 2.64 bits per heavy atom. The molecule has 0 radical (unpaired) electrons. The summed E-state index contributed by atoms with van der Waals surface area (Å²) in [5.41, 5.74) is 5.07. The molecule has 14 heavy (non-hydrogen) atoms. The highest BCUT2D eigenvalue weighted by molar-refractivity contribution is 7.15. The molecule has 2 N–H and O–H groups in total. The first-order valence-electron chi connectivity index (χ1n) is 4.33. The van der Waals surface area contributed by atoms with Crippen LogP contribution in [0.4, 0.5) is 5.13 Å². The van der Waals surface area contributed by atoms with Crippen LogP contribution in [0.2, 0.25) is 0 Å². The van der Waals surface area contributed by atoms with Gasteiger partial charge in [0.05, 0.1) is 6.54 Å². The van der Waals surface area contributed by atoms with E-state index in [4.69, 9.17) is 5.73 Å². The molecule has 0 aliphatic carbocycles. The molecule has 1 aromatic heterocycles. The Labute approximate surface area is 86.9 Å².